The van der Waals surface area contributed by atoms with Crippen molar-refractivity contribution in [1.82, 2.24) is 30.3 Å². The molecule has 2 aromatic rings. The van der Waals surface area contributed by atoms with Gasteiger partial charge < -0.3 is 5.32 Å². The molecule has 1 unspecified atom stereocenters. The summed E-state index contributed by atoms with van der Waals surface area (Å²) < 4.78 is 1.69. The van der Waals surface area contributed by atoms with Crippen molar-refractivity contribution in [3.63, 3.8) is 0 Å². The number of nitrogens with one attached hydrogen (secondary N) is 2. The summed E-state index contributed by atoms with van der Waals surface area (Å²) in [7, 11) is 0. The molecule has 2 fully saturated rings. The second kappa shape index (κ2) is 9.46. The zero-order valence-corrected chi connectivity index (χ0v) is 18.7. The summed E-state index contributed by atoms with van der Waals surface area (Å²) >= 11 is 6.25. The first kappa shape index (κ1) is 21.9. The highest BCUT2D eigenvalue weighted by atomic mass is 35.5. The van der Waals surface area contributed by atoms with Gasteiger partial charge in [0.1, 0.15) is 12.7 Å². The molecule has 4 rings (SSSR count). The highest BCUT2D eigenvalue weighted by Crippen LogP contribution is 2.27. The monoisotopic (exact) mass is 444 g/mol. The van der Waals surface area contributed by atoms with Gasteiger partial charge in [0.25, 0.3) is 0 Å². The summed E-state index contributed by atoms with van der Waals surface area (Å²) in [5.74, 6) is 0.216. The lowest BCUT2D eigenvalue weighted by molar-refractivity contribution is -0.134. The maximum atomic E-state index is 13.0. The van der Waals surface area contributed by atoms with E-state index >= 15 is 0 Å². The molecule has 31 heavy (non-hydrogen) atoms. The minimum Gasteiger partial charge on any atom is -0.306 e. The number of hydrogen-bond acceptors (Lipinski definition) is 6. The molecule has 1 aromatic heterocycles. The Hall–Kier alpha value is -2.29. The van der Waals surface area contributed by atoms with Crippen LogP contribution in [0.5, 0.6) is 0 Å². The van der Waals surface area contributed by atoms with Crippen molar-refractivity contribution in [1.29, 1.82) is 0 Å². The predicted octanol–water partition coefficient (Wildman–Crippen LogP) is 2.16. The van der Waals surface area contributed by atoms with Gasteiger partial charge in [-0.1, -0.05) is 25.4 Å². The highest BCUT2D eigenvalue weighted by Gasteiger charge is 2.37. The lowest BCUT2D eigenvalue weighted by Gasteiger charge is -2.26. The van der Waals surface area contributed by atoms with Crippen molar-refractivity contribution in [2.45, 2.75) is 51.7 Å². The van der Waals surface area contributed by atoms with Gasteiger partial charge in [0.2, 0.25) is 11.8 Å². The molecule has 3 heterocycles. The largest absolute Gasteiger partial charge is 0.306 e. The fourth-order valence-corrected chi connectivity index (χ4v) is 4.97. The molecule has 2 saturated heterocycles. The molecule has 0 bridgehead atoms. The average molecular weight is 445 g/mol. The summed E-state index contributed by atoms with van der Waals surface area (Å²) in [6.07, 6.45) is 5.71. The standard InChI is InChI=1S/C22H29ClN6O2/c1-14(2)17-7-8-25-20(17)22(31)27-21(30)19-4-3-9-28(19)11-15-10-16(23)5-6-18(15)29-13-24-12-26-29/h5-6,10,12-14,17,19-20,25H,3-4,7-9,11H2,1-2H3,(H,27,30,31)/t17?,19-,20-/m0/s1. The van der Waals surface area contributed by atoms with E-state index in [0.29, 0.717) is 17.5 Å². The zero-order valence-electron chi connectivity index (χ0n) is 17.9. The molecule has 166 valence electrons. The Balaban J connectivity index is 1.46. The van der Waals surface area contributed by atoms with Crippen molar-refractivity contribution in [2.24, 2.45) is 11.8 Å². The number of nitrogens with zero attached hydrogens (tertiary/aromatic N) is 4. The van der Waals surface area contributed by atoms with Crippen LogP contribution < -0.4 is 10.6 Å². The van der Waals surface area contributed by atoms with Crippen molar-refractivity contribution in [3.05, 3.63) is 41.4 Å². The smallest absolute Gasteiger partial charge is 0.244 e. The van der Waals surface area contributed by atoms with Crippen LogP contribution in [0.4, 0.5) is 0 Å². The van der Waals surface area contributed by atoms with Crippen LogP contribution in [-0.4, -0.2) is 56.7 Å². The van der Waals surface area contributed by atoms with E-state index in [1.807, 2.05) is 18.2 Å². The van der Waals surface area contributed by atoms with Gasteiger partial charge in [-0.3, -0.25) is 19.8 Å². The average Bonchev–Trinajstić information content (AvgIpc) is 3.49. The predicted molar refractivity (Wildman–Crippen MR) is 118 cm³/mol. The number of benzene rings is 1. The van der Waals surface area contributed by atoms with E-state index in [9.17, 15) is 9.59 Å². The summed E-state index contributed by atoms with van der Waals surface area (Å²) in [6.45, 7) is 6.38. The Labute approximate surface area is 187 Å². The molecule has 2 aliphatic heterocycles. The molecule has 1 aromatic carbocycles. The summed E-state index contributed by atoms with van der Waals surface area (Å²) in [6, 6.07) is 4.97. The first-order valence-corrected chi connectivity index (χ1v) is 11.3. The Bertz CT molecular complexity index is 932. The molecular weight excluding hydrogens is 416 g/mol. The third-order valence-electron chi connectivity index (χ3n) is 6.40. The summed E-state index contributed by atoms with van der Waals surface area (Å²) in [5, 5.41) is 10.8. The maximum Gasteiger partial charge on any atom is 0.244 e. The molecule has 2 aliphatic rings. The van der Waals surface area contributed by atoms with Gasteiger partial charge in [-0.2, -0.15) is 5.10 Å². The maximum absolute atomic E-state index is 13.0. The zero-order chi connectivity index (χ0) is 22.0. The van der Waals surface area contributed by atoms with Crippen molar-refractivity contribution >= 4 is 23.4 Å². The van der Waals surface area contributed by atoms with Crippen LogP contribution >= 0.6 is 11.6 Å². The fourth-order valence-electron chi connectivity index (χ4n) is 4.78. The van der Waals surface area contributed by atoms with Gasteiger partial charge in [-0.05, 0) is 68.0 Å². The van der Waals surface area contributed by atoms with Crippen LogP contribution in [0.15, 0.2) is 30.9 Å². The van der Waals surface area contributed by atoms with Crippen LogP contribution in [0, 0.1) is 11.8 Å². The van der Waals surface area contributed by atoms with E-state index in [1.165, 1.54) is 6.33 Å². The third kappa shape index (κ3) is 4.81. The number of halogens is 1. The van der Waals surface area contributed by atoms with E-state index in [2.05, 4.69) is 39.5 Å². The van der Waals surface area contributed by atoms with E-state index < -0.39 is 0 Å². The SMILES string of the molecule is CC(C)C1CCN[C@@H]1C(=O)NC(=O)[C@@H]1CCCN1Cc1cc(Cl)ccc1-n1cncn1. The van der Waals surface area contributed by atoms with E-state index in [-0.39, 0.29) is 29.8 Å². The van der Waals surface area contributed by atoms with E-state index in [0.717, 1.165) is 43.6 Å². The second-order valence-corrected chi connectivity index (χ2v) is 9.16. The van der Waals surface area contributed by atoms with Crippen LogP contribution in [0.3, 0.4) is 0 Å². The van der Waals surface area contributed by atoms with Gasteiger partial charge in [0.15, 0.2) is 0 Å². The lowest BCUT2D eigenvalue weighted by atomic mass is 9.88. The quantitative estimate of drug-likeness (QED) is 0.663. The Morgan fingerprint density at radius 3 is 2.87 bits per heavy atom. The molecule has 0 saturated carbocycles. The molecule has 3 atom stereocenters. The molecule has 0 aliphatic carbocycles. The van der Waals surface area contributed by atoms with Gasteiger partial charge in [0.05, 0.1) is 17.8 Å². The van der Waals surface area contributed by atoms with Crippen LogP contribution in [0.25, 0.3) is 5.69 Å². The van der Waals surface area contributed by atoms with Gasteiger partial charge in [-0.15, -0.1) is 0 Å². The third-order valence-corrected chi connectivity index (χ3v) is 6.64. The van der Waals surface area contributed by atoms with Crippen molar-refractivity contribution < 1.29 is 9.59 Å². The molecular formula is C22H29ClN6O2. The minimum absolute atomic E-state index is 0.209. The second-order valence-electron chi connectivity index (χ2n) is 8.72. The lowest BCUT2D eigenvalue weighted by Crippen LogP contribution is -2.51. The van der Waals surface area contributed by atoms with Gasteiger partial charge in [0, 0.05) is 11.6 Å². The number of carbonyl (C=O) groups is 2. The number of amides is 2. The highest BCUT2D eigenvalue weighted by molar-refractivity contribution is 6.30. The molecule has 0 radical (unpaired) electrons. The molecule has 2 amide bonds. The van der Waals surface area contributed by atoms with Gasteiger partial charge in [-0.25, -0.2) is 9.67 Å². The summed E-state index contributed by atoms with van der Waals surface area (Å²) in [5.41, 5.74) is 1.83. The first-order chi connectivity index (χ1) is 14.9. The number of hydrogen-bond donors (Lipinski definition) is 2. The first-order valence-electron chi connectivity index (χ1n) is 10.9. The number of rotatable bonds is 6. The van der Waals surface area contributed by atoms with Crippen LogP contribution in [0.1, 0.15) is 38.7 Å². The van der Waals surface area contributed by atoms with Crippen LogP contribution in [0.2, 0.25) is 5.02 Å². The molecule has 0 spiro atoms. The fraction of sp³-hybridized carbons (Fsp3) is 0.545. The number of likely N-dealkylation sites (tertiary alicyclic amines) is 1. The summed E-state index contributed by atoms with van der Waals surface area (Å²) in [4.78, 5) is 31.9. The molecule has 9 heteroatoms. The van der Waals surface area contributed by atoms with Crippen LogP contribution in [-0.2, 0) is 16.1 Å². The minimum atomic E-state index is -0.342. The number of aromatic nitrogens is 3. The number of carbonyl (C=O) groups excluding carboxylic acids is 2. The Morgan fingerprint density at radius 2 is 2.13 bits per heavy atom. The Morgan fingerprint density at radius 1 is 1.29 bits per heavy atom. The molecule has 8 nitrogen and oxygen atoms in total. The van der Waals surface area contributed by atoms with Crippen molar-refractivity contribution in [2.75, 3.05) is 13.1 Å². The van der Waals surface area contributed by atoms with Crippen molar-refractivity contribution in [3.8, 4) is 5.69 Å². The Kier molecular flexibility index (Phi) is 6.69. The van der Waals surface area contributed by atoms with E-state index in [1.54, 1.807) is 11.0 Å². The van der Waals surface area contributed by atoms with Gasteiger partial charge >= 0.3 is 0 Å². The normalized spacial score (nSPS) is 24.1. The van der Waals surface area contributed by atoms with E-state index in [4.69, 9.17) is 11.6 Å². The molecule has 2 N–H and O–H groups in total. The number of imide groups is 1. The topological polar surface area (TPSA) is 92.2 Å².